The number of carbonyl (C=O) groups is 2. The molecule has 6 nitrogen and oxygen atoms in total. The minimum Gasteiger partial charge on any atom is -0.469 e. The van der Waals surface area contributed by atoms with E-state index >= 15 is 0 Å². The maximum atomic E-state index is 13.3. The highest BCUT2D eigenvalue weighted by atomic mass is 19.1. The zero-order chi connectivity index (χ0) is 21.0. The Kier molecular flexibility index (Phi) is 6.07. The summed E-state index contributed by atoms with van der Waals surface area (Å²) >= 11 is 0. The van der Waals surface area contributed by atoms with E-state index in [4.69, 9.17) is 4.74 Å². The molecule has 0 aliphatic heterocycles. The molecule has 1 aromatic heterocycles. The molecule has 1 amide bonds. The van der Waals surface area contributed by atoms with E-state index in [1.807, 2.05) is 13.8 Å². The molecular weight excluding hydrogens is 373 g/mol. The van der Waals surface area contributed by atoms with Crippen molar-refractivity contribution in [3.05, 3.63) is 76.9 Å². The molecule has 0 atom stereocenters. The van der Waals surface area contributed by atoms with Gasteiger partial charge in [0, 0.05) is 23.4 Å². The van der Waals surface area contributed by atoms with Gasteiger partial charge in [-0.05, 0) is 68.3 Å². The van der Waals surface area contributed by atoms with Gasteiger partial charge < -0.3 is 10.1 Å². The smallest absolute Gasteiger partial charge is 0.305 e. The number of nitrogens with zero attached hydrogens (tertiary/aromatic N) is 2. The number of benzene rings is 2. The largest absolute Gasteiger partial charge is 0.469 e. The summed E-state index contributed by atoms with van der Waals surface area (Å²) in [5.74, 6) is -0.995. The quantitative estimate of drug-likeness (QED) is 0.641. The number of nitrogens with one attached hydrogen (secondary N) is 1. The summed E-state index contributed by atoms with van der Waals surface area (Å²) < 4.78 is 19.8. The van der Waals surface area contributed by atoms with E-state index in [-0.39, 0.29) is 11.9 Å². The van der Waals surface area contributed by atoms with Crippen molar-refractivity contribution in [2.45, 2.75) is 26.7 Å². The fourth-order valence-corrected chi connectivity index (χ4v) is 3.14. The number of methoxy groups -OCH3 is 1. The van der Waals surface area contributed by atoms with Crippen LogP contribution in [0.4, 0.5) is 10.1 Å². The molecule has 0 saturated heterocycles. The molecular formula is C22H22FN3O3. The normalized spacial score (nSPS) is 10.6. The first-order valence-corrected chi connectivity index (χ1v) is 9.18. The van der Waals surface area contributed by atoms with Crippen LogP contribution in [0.2, 0.25) is 0 Å². The van der Waals surface area contributed by atoms with Crippen LogP contribution in [0.5, 0.6) is 0 Å². The summed E-state index contributed by atoms with van der Waals surface area (Å²) in [5.41, 5.74) is 4.43. The first-order valence-electron chi connectivity index (χ1n) is 9.18. The Balaban J connectivity index is 1.76. The predicted octanol–water partition coefficient (Wildman–Crippen LogP) is 3.99. The summed E-state index contributed by atoms with van der Waals surface area (Å²) in [6, 6.07) is 12.7. The lowest BCUT2D eigenvalue weighted by molar-refractivity contribution is -0.140. The van der Waals surface area contributed by atoms with E-state index in [0.717, 1.165) is 22.6 Å². The molecule has 0 radical (unpaired) electrons. The molecule has 3 rings (SSSR count). The van der Waals surface area contributed by atoms with Gasteiger partial charge in [-0.1, -0.05) is 6.07 Å². The highest BCUT2D eigenvalue weighted by molar-refractivity contribution is 6.04. The highest BCUT2D eigenvalue weighted by Gasteiger charge is 2.15. The number of aryl methyl sites for hydroxylation is 1. The van der Waals surface area contributed by atoms with Crippen molar-refractivity contribution in [3.8, 4) is 5.69 Å². The van der Waals surface area contributed by atoms with E-state index in [9.17, 15) is 14.0 Å². The number of hydrogen-bond acceptors (Lipinski definition) is 4. The lowest BCUT2D eigenvalue weighted by Gasteiger charge is -2.08. The van der Waals surface area contributed by atoms with Gasteiger partial charge in [-0.15, -0.1) is 0 Å². The number of rotatable bonds is 6. The lowest BCUT2D eigenvalue weighted by Crippen LogP contribution is -2.12. The Bertz CT molecular complexity index is 1040. The molecule has 1 heterocycles. The average molecular weight is 395 g/mol. The number of hydrogen-bond donors (Lipinski definition) is 1. The molecule has 0 bridgehead atoms. The Hall–Kier alpha value is -3.48. The fraction of sp³-hybridized carbons (Fsp3) is 0.227. The highest BCUT2D eigenvalue weighted by Crippen LogP contribution is 2.20. The van der Waals surface area contributed by atoms with E-state index in [0.29, 0.717) is 24.1 Å². The number of carbonyl (C=O) groups excluding carboxylic acids is 2. The third kappa shape index (κ3) is 4.68. The molecule has 0 spiro atoms. The zero-order valence-electron chi connectivity index (χ0n) is 16.5. The van der Waals surface area contributed by atoms with Gasteiger partial charge in [-0.3, -0.25) is 9.59 Å². The first kappa shape index (κ1) is 20.3. The van der Waals surface area contributed by atoms with Crippen LogP contribution in [-0.2, 0) is 16.0 Å². The molecule has 0 saturated carbocycles. The Labute approximate surface area is 168 Å². The van der Waals surface area contributed by atoms with E-state index in [1.54, 1.807) is 35.0 Å². The Morgan fingerprint density at radius 1 is 1.14 bits per heavy atom. The minimum atomic E-state index is -0.411. The first-order chi connectivity index (χ1) is 13.9. The number of anilines is 1. The number of halogens is 1. The van der Waals surface area contributed by atoms with Crippen molar-refractivity contribution in [2.24, 2.45) is 0 Å². The SMILES string of the molecule is COC(=O)CCc1c(C)nn(-c2ccc(C(=O)Nc3cccc(F)c3)cc2)c1C. The van der Waals surface area contributed by atoms with Crippen LogP contribution in [0.1, 0.15) is 33.7 Å². The molecule has 2 aromatic carbocycles. The zero-order valence-corrected chi connectivity index (χ0v) is 16.5. The molecule has 150 valence electrons. The van der Waals surface area contributed by atoms with Crippen molar-refractivity contribution in [2.75, 3.05) is 12.4 Å². The number of amides is 1. The van der Waals surface area contributed by atoms with Crippen molar-refractivity contribution in [1.82, 2.24) is 9.78 Å². The summed E-state index contributed by atoms with van der Waals surface area (Å²) in [4.78, 5) is 23.8. The van der Waals surface area contributed by atoms with E-state index in [2.05, 4.69) is 10.4 Å². The second kappa shape index (κ2) is 8.68. The number of esters is 1. The van der Waals surface area contributed by atoms with Crippen molar-refractivity contribution >= 4 is 17.6 Å². The maximum Gasteiger partial charge on any atom is 0.305 e. The van der Waals surface area contributed by atoms with Crippen LogP contribution in [0.25, 0.3) is 5.69 Å². The third-order valence-electron chi connectivity index (χ3n) is 4.70. The molecule has 7 heteroatoms. The fourth-order valence-electron chi connectivity index (χ4n) is 3.14. The monoisotopic (exact) mass is 395 g/mol. The predicted molar refractivity (Wildman–Crippen MR) is 108 cm³/mol. The van der Waals surface area contributed by atoms with Gasteiger partial charge in [-0.25, -0.2) is 9.07 Å². The van der Waals surface area contributed by atoms with Crippen LogP contribution < -0.4 is 5.32 Å². The van der Waals surface area contributed by atoms with E-state index < -0.39 is 5.82 Å². The molecule has 0 unspecified atom stereocenters. The van der Waals surface area contributed by atoms with Crippen LogP contribution in [-0.4, -0.2) is 28.8 Å². The average Bonchev–Trinajstić information content (AvgIpc) is 2.99. The van der Waals surface area contributed by atoms with Crippen LogP contribution >= 0.6 is 0 Å². The second-order valence-corrected chi connectivity index (χ2v) is 6.65. The maximum absolute atomic E-state index is 13.3. The molecule has 0 aliphatic rings. The third-order valence-corrected chi connectivity index (χ3v) is 4.70. The lowest BCUT2D eigenvalue weighted by atomic mass is 10.1. The van der Waals surface area contributed by atoms with Gasteiger partial charge in [0.2, 0.25) is 0 Å². The van der Waals surface area contributed by atoms with Crippen LogP contribution in [0.3, 0.4) is 0 Å². The summed E-state index contributed by atoms with van der Waals surface area (Å²) in [6.45, 7) is 3.84. The molecule has 29 heavy (non-hydrogen) atoms. The van der Waals surface area contributed by atoms with E-state index in [1.165, 1.54) is 25.3 Å². The topological polar surface area (TPSA) is 73.2 Å². The van der Waals surface area contributed by atoms with Gasteiger partial charge in [0.05, 0.1) is 18.5 Å². The van der Waals surface area contributed by atoms with Crippen molar-refractivity contribution in [1.29, 1.82) is 0 Å². The van der Waals surface area contributed by atoms with Crippen LogP contribution in [0.15, 0.2) is 48.5 Å². The van der Waals surface area contributed by atoms with Gasteiger partial charge in [0.15, 0.2) is 0 Å². The molecule has 0 aliphatic carbocycles. The van der Waals surface area contributed by atoms with Gasteiger partial charge >= 0.3 is 5.97 Å². The second-order valence-electron chi connectivity index (χ2n) is 6.65. The van der Waals surface area contributed by atoms with Gasteiger partial charge in [-0.2, -0.15) is 5.10 Å². The summed E-state index contributed by atoms with van der Waals surface area (Å²) in [7, 11) is 1.37. The summed E-state index contributed by atoms with van der Waals surface area (Å²) in [6.07, 6.45) is 0.849. The standard InChI is InChI=1S/C22H22FN3O3/c1-14-20(11-12-21(27)29-3)15(2)26(25-14)19-9-7-16(8-10-19)22(28)24-18-6-4-5-17(23)13-18/h4-10,13H,11-12H2,1-3H3,(H,24,28). The van der Waals surface area contributed by atoms with Crippen molar-refractivity contribution in [3.63, 3.8) is 0 Å². The number of ether oxygens (including phenoxy) is 1. The molecule has 3 aromatic rings. The molecule has 0 fully saturated rings. The minimum absolute atomic E-state index is 0.259. The van der Waals surface area contributed by atoms with Crippen molar-refractivity contribution < 1.29 is 18.7 Å². The number of aromatic nitrogens is 2. The van der Waals surface area contributed by atoms with Gasteiger partial charge in [0.25, 0.3) is 5.91 Å². The molecule has 1 N–H and O–H groups in total. The van der Waals surface area contributed by atoms with Gasteiger partial charge in [0.1, 0.15) is 5.82 Å². The summed E-state index contributed by atoms with van der Waals surface area (Å²) in [5, 5.41) is 7.23. The Morgan fingerprint density at radius 3 is 2.52 bits per heavy atom. The van der Waals surface area contributed by atoms with Crippen LogP contribution in [0, 0.1) is 19.7 Å². The Morgan fingerprint density at radius 2 is 1.86 bits per heavy atom.